The molecular weight excluding hydrogens is 356 g/mol. The summed E-state index contributed by atoms with van der Waals surface area (Å²) in [6.45, 7) is 0.929. The molecule has 0 aliphatic heterocycles. The minimum atomic E-state index is -0.926. The van der Waals surface area contributed by atoms with Gasteiger partial charge in [0.05, 0.1) is 18.2 Å². The van der Waals surface area contributed by atoms with E-state index in [0.717, 1.165) is 38.5 Å². The molecule has 0 bridgehead atoms. The van der Waals surface area contributed by atoms with Crippen molar-refractivity contribution in [2.45, 2.75) is 63.6 Å². The number of hydrogen-bond donors (Lipinski definition) is 2. The number of nitrogens with zero attached hydrogens (tertiary/aromatic N) is 1. The second kappa shape index (κ2) is 9.52. The first kappa shape index (κ1) is 20.8. The lowest BCUT2D eigenvalue weighted by Gasteiger charge is -2.38. The van der Waals surface area contributed by atoms with E-state index in [1.807, 2.05) is 18.0 Å². The summed E-state index contributed by atoms with van der Waals surface area (Å²) in [5.74, 6) is -0.140. The zero-order valence-corrected chi connectivity index (χ0v) is 16.7. The molecule has 1 aromatic carbocycles. The van der Waals surface area contributed by atoms with Crippen molar-refractivity contribution in [1.29, 1.82) is 0 Å². The number of benzene rings is 1. The average Bonchev–Trinajstić information content (AvgIpc) is 2.66. The van der Waals surface area contributed by atoms with E-state index in [0.29, 0.717) is 36.3 Å². The number of nitrogens with two attached hydrogens (primary N) is 1. The van der Waals surface area contributed by atoms with Gasteiger partial charge in [-0.3, -0.25) is 4.79 Å². The van der Waals surface area contributed by atoms with Crippen molar-refractivity contribution in [1.82, 2.24) is 4.90 Å². The average molecular weight is 389 g/mol. The summed E-state index contributed by atoms with van der Waals surface area (Å²) >= 11 is 0. The summed E-state index contributed by atoms with van der Waals surface area (Å²) in [6.07, 6.45) is 7.31. The summed E-state index contributed by atoms with van der Waals surface area (Å²) < 4.78 is 5.82. The summed E-state index contributed by atoms with van der Waals surface area (Å²) in [5.41, 5.74) is 7.30. The summed E-state index contributed by atoms with van der Waals surface area (Å²) in [5, 5.41) is 9.23. The molecule has 0 aromatic heterocycles. The van der Waals surface area contributed by atoms with Crippen molar-refractivity contribution in [2.75, 3.05) is 13.7 Å². The first-order chi connectivity index (χ1) is 13.5. The number of amides is 1. The van der Waals surface area contributed by atoms with Gasteiger partial charge in [-0.2, -0.15) is 0 Å². The van der Waals surface area contributed by atoms with Gasteiger partial charge in [-0.25, -0.2) is 4.79 Å². The molecule has 3 N–H and O–H groups in total. The van der Waals surface area contributed by atoms with Gasteiger partial charge in [-0.15, -0.1) is 0 Å². The highest BCUT2D eigenvalue weighted by Gasteiger charge is 2.34. The maximum atomic E-state index is 12.6. The quantitative estimate of drug-likeness (QED) is 0.714. The van der Waals surface area contributed by atoms with Gasteiger partial charge in [0.2, 0.25) is 5.91 Å². The fourth-order valence-corrected chi connectivity index (χ4v) is 4.30. The minimum Gasteiger partial charge on any atom is -0.478 e. The van der Waals surface area contributed by atoms with Gasteiger partial charge in [0, 0.05) is 19.7 Å². The molecule has 28 heavy (non-hydrogen) atoms. The smallest absolute Gasteiger partial charge is 0.336 e. The van der Waals surface area contributed by atoms with E-state index < -0.39 is 12.0 Å². The van der Waals surface area contributed by atoms with E-state index in [-0.39, 0.29) is 11.8 Å². The molecule has 2 aliphatic carbocycles. The molecule has 1 unspecified atom stereocenters. The first-order valence-electron chi connectivity index (χ1n) is 10.4. The van der Waals surface area contributed by atoms with Crippen LogP contribution in [0.4, 0.5) is 0 Å². The number of carboxylic acids is 1. The van der Waals surface area contributed by atoms with E-state index in [2.05, 4.69) is 0 Å². The molecule has 1 amide bonds. The van der Waals surface area contributed by atoms with Crippen LogP contribution in [-0.2, 0) is 16.1 Å². The Balaban J connectivity index is 1.40. The molecule has 2 aliphatic rings. The van der Waals surface area contributed by atoms with E-state index >= 15 is 0 Å². The van der Waals surface area contributed by atoms with Crippen LogP contribution in [0.25, 0.3) is 0 Å². The number of ether oxygens (including phenoxy) is 1. The van der Waals surface area contributed by atoms with Crippen molar-refractivity contribution >= 4 is 11.9 Å². The predicted octanol–water partition coefficient (Wildman–Crippen LogP) is 3.05. The third kappa shape index (κ3) is 4.92. The molecule has 154 valence electrons. The molecule has 6 heteroatoms. The topological polar surface area (TPSA) is 92.9 Å². The summed E-state index contributed by atoms with van der Waals surface area (Å²) in [6, 6.07) is 6.94. The molecule has 1 atom stereocenters. The van der Waals surface area contributed by atoms with Crippen LogP contribution in [0.1, 0.15) is 60.9 Å². The van der Waals surface area contributed by atoms with Gasteiger partial charge in [0.15, 0.2) is 0 Å². The van der Waals surface area contributed by atoms with Crippen LogP contribution in [-0.4, -0.2) is 47.6 Å². The zero-order valence-electron chi connectivity index (χ0n) is 16.7. The second-order valence-corrected chi connectivity index (χ2v) is 8.32. The molecule has 2 fully saturated rings. The largest absolute Gasteiger partial charge is 0.478 e. The van der Waals surface area contributed by atoms with Crippen LogP contribution in [0.2, 0.25) is 0 Å². The predicted molar refractivity (Wildman–Crippen MR) is 107 cm³/mol. The fourth-order valence-electron chi connectivity index (χ4n) is 4.30. The maximum Gasteiger partial charge on any atom is 0.336 e. The normalized spacial score (nSPS) is 23.6. The Bertz CT molecular complexity index is 681. The van der Waals surface area contributed by atoms with Crippen molar-refractivity contribution < 1.29 is 19.4 Å². The van der Waals surface area contributed by atoms with Crippen LogP contribution in [0.15, 0.2) is 24.3 Å². The lowest BCUT2D eigenvalue weighted by Crippen LogP contribution is -2.52. The maximum absolute atomic E-state index is 12.6. The van der Waals surface area contributed by atoms with Crippen LogP contribution in [0.3, 0.4) is 0 Å². The number of carbonyl (C=O) groups excluding carboxylic acids is 1. The standard InChI is InChI=1S/C22H32N2O4/c1-24(18-6-4-7-18)21(25)20(23)16-11-9-15(10-12-16)13-28-14-17-5-2-3-8-19(17)22(26)27/h2-3,5,8,15-16,18,20H,4,6-7,9-14,23H2,1H3,(H,26,27)/t15-,16-,20?. The SMILES string of the molecule is CN(C(=O)C(N)[C@H]1CC[C@H](COCc2ccccc2C(=O)O)CC1)C1CCC1. The van der Waals surface area contributed by atoms with E-state index in [1.165, 1.54) is 6.42 Å². The Morgan fingerprint density at radius 1 is 1.18 bits per heavy atom. The monoisotopic (exact) mass is 388 g/mol. The number of aromatic carboxylic acids is 1. The Morgan fingerprint density at radius 2 is 1.86 bits per heavy atom. The van der Waals surface area contributed by atoms with Crippen LogP contribution >= 0.6 is 0 Å². The third-order valence-electron chi connectivity index (χ3n) is 6.51. The minimum absolute atomic E-state index is 0.0923. The Kier molecular flexibility index (Phi) is 7.08. The van der Waals surface area contributed by atoms with Crippen molar-refractivity contribution in [3.63, 3.8) is 0 Å². The number of hydrogen-bond acceptors (Lipinski definition) is 4. The molecule has 0 spiro atoms. The van der Waals surface area contributed by atoms with Gasteiger partial charge >= 0.3 is 5.97 Å². The molecular formula is C22H32N2O4. The van der Waals surface area contributed by atoms with Gasteiger partial charge in [-0.1, -0.05) is 18.2 Å². The van der Waals surface area contributed by atoms with Gasteiger partial charge in [-0.05, 0) is 68.4 Å². The zero-order chi connectivity index (χ0) is 20.1. The highest BCUT2D eigenvalue weighted by molar-refractivity contribution is 5.89. The number of likely N-dealkylation sites (N-methyl/N-ethyl adjacent to an activating group) is 1. The molecule has 1 aromatic rings. The first-order valence-corrected chi connectivity index (χ1v) is 10.4. The highest BCUT2D eigenvalue weighted by atomic mass is 16.5. The summed E-state index contributed by atoms with van der Waals surface area (Å²) in [7, 11) is 1.89. The number of rotatable bonds is 8. The van der Waals surface area contributed by atoms with Crippen molar-refractivity contribution in [3.8, 4) is 0 Å². The van der Waals surface area contributed by atoms with Crippen LogP contribution in [0.5, 0.6) is 0 Å². The van der Waals surface area contributed by atoms with E-state index in [1.54, 1.807) is 18.2 Å². The van der Waals surface area contributed by atoms with Crippen LogP contribution < -0.4 is 5.73 Å². The Hall–Kier alpha value is -1.92. The molecule has 3 rings (SSSR count). The Morgan fingerprint density at radius 3 is 2.46 bits per heavy atom. The van der Waals surface area contributed by atoms with Gasteiger partial charge in [0.25, 0.3) is 0 Å². The second-order valence-electron chi connectivity index (χ2n) is 8.32. The number of carbonyl (C=O) groups is 2. The molecule has 0 saturated heterocycles. The highest BCUT2D eigenvalue weighted by Crippen LogP contribution is 2.32. The van der Waals surface area contributed by atoms with E-state index in [4.69, 9.17) is 10.5 Å². The lowest BCUT2D eigenvalue weighted by atomic mass is 9.78. The number of carboxylic acid groups (broad SMARTS) is 1. The molecule has 0 radical (unpaired) electrons. The summed E-state index contributed by atoms with van der Waals surface area (Å²) in [4.78, 5) is 25.7. The van der Waals surface area contributed by atoms with Crippen LogP contribution in [0, 0.1) is 11.8 Å². The third-order valence-corrected chi connectivity index (χ3v) is 6.51. The van der Waals surface area contributed by atoms with Crippen molar-refractivity contribution in [3.05, 3.63) is 35.4 Å². The van der Waals surface area contributed by atoms with Gasteiger partial charge in [0.1, 0.15) is 0 Å². The molecule has 2 saturated carbocycles. The lowest BCUT2D eigenvalue weighted by molar-refractivity contribution is -0.136. The molecule has 0 heterocycles. The van der Waals surface area contributed by atoms with Crippen molar-refractivity contribution in [2.24, 2.45) is 17.6 Å². The molecule has 6 nitrogen and oxygen atoms in total. The van der Waals surface area contributed by atoms with Gasteiger partial charge < -0.3 is 20.5 Å². The Labute approximate surface area is 167 Å². The van der Waals surface area contributed by atoms with E-state index in [9.17, 15) is 14.7 Å². The fraction of sp³-hybridized carbons (Fsp3) is 0.636.